The highest BCUT2D eigenvalue weighted by Gasteiger charge is 1.92. The number of nitrogens with two attached hydrogens (primary N) is 1. The van der Waals surface area contributed by atoms with Gasteiger partial charge in [-0.05, 0) is 6.08 Å². The fourth-order valence-electron chi connectivity index (χ4n) is 0.668. The first-order valence-electron chi connectivity index (χ1n) is 2.79. The molecule has 1 rings (SSSR count). The van der Waals surface area contributed by atoms with Gasteiger partial charge in [-0.25, -0.2) is 11.4 Å². The summed E-state index contributed by atoms with van der Waals surface area (Å²) in [6.45, 7) is 0. The van der Waals surface area contributed by atoms with E-state index in [0.29, 0.717) is 0 Å². The van der Waals surface area contributed by atoms with Gasteiger partial charge in [-0.15, -0.1) is 24.0 Å². The molecule has 1 aliphatic carbocycles. The molecule has 10 heavy (non-hydrogen) atoms. The minimum Gasteiger partial charge on any atom is -0.245 e. The third-order valence-corrected chi connectivity index (χ3v) is 1.07. The first kappa shape index (κ1) is 9.64. The van der Waals surface area contributed by atoms with Crippen molar-refractivity contribution in [1.29, 1.82) is 0 Å². The van der Waals surface area contributed by atoms with E-state index in [4.69, 9.17) is 5.84 Å². The van der Waals surface area contributed by atoms with E-state index in [1.54, 1.807) is 0 Å². The molecule has 4 heteroatoms. The number of hydrazone groups is 1. The Morgan fingerprint density at radius 3 is 2.80 bits per heavy atom. The van der Waals surface area contributed by atoms with Gasteiger partial charge in [0, 0.05) is 6.42 Å². The Morgan fingerprint density at radius 1 is 1.50 bits per heavy atom. The van der Waals surface area contributed by atoms with Gasteiger partial charge >= 0.3 is 0 Å². The zero-order valence-electron chi connectivity index (χ0n) is 5.45. The van der Waals surface area contributed by atoms with Gasteiger partial charge in [0.05, 0.1) is 5.71 Å². The predicted octanol–water partition coefficient (Wildman–Crippen LogP) is 0.940. The molecular formula is C6H10IN3. The monoisotopic (exact) mass is 251 g/mol. The zero-order chi connectivity index (χ0) is 6.53. The second kappa shape index (κ2) is 5.43. The molecule has 0 atom stereocenters. The van der Waals surface area contributed by atoms with E-state index >= 15 is 0 Å². The molecule has 0 heterocycles. The Hall–Kier alpha value is -0.360. The Labute approximate surface area is 77.0 Å². The highest BCUT2D eigenvalue weighted by Crippen LogP contribution is 1.97. The van der Waals surface area contributed by atoms with Crippen molar-refractivity contribution in [2.75, 3.05) is 0 Å². The van der Waals surface area contributed by atoms with Gasteiger partial charge in [0.2, 0.25) is 0 Å². The highest BCUT2D eigenvalue weighted by molar-refractivity contribution is 14.0. The van der Waals surface area contributed by atoms with Crippen molar-refractivity contribution in [1.82, 2.24) is 5.53 Å². The van der Waals surface area contributed by atoms with Crippen LogP contribution in [0.25, 0.3) is 0 Å². The summed E-state index contributed by atoms with van der Waals surface area (Å²) in [4.78, 5) is 0. The first-order chi connectivity index (χ1) is 4.43. The van der Waals surface area contributed by atoms with Crippen LogP contribution in [0.2, 0.25) is 0 Å². The topological polar surface area (TPSA) is 50.4 Å². The largest absolute Gasteiger partial charge is 0.245 e. The number of rotatable bonds is 1. The molecule has 0 radical (unpaired) electrons. The Bertz CT molecular complexity index is 172. The fourth-order valence-corrected chi connectivity index (χ4v) is 0.668. The maximum atomic E-state index is 4.96. The van der Waals surface area contributed by atoms with Gasteiger partial charge in [-0.1, -0.05) is 18.2 Å². The molecule has 3 N–H and O–H groups in total. The van der Waals surface area contributed by atoms with Crippen LogP contribution in [0.1, 0.15) is 6.42 Å². The lowest BCUT2D eigenvalue weighted by molar-refractivity contribution is 0.803. The van der Waals surface area contributed by atoms with E-state index < -0.39 is 0 Å². The summed E-state index contributed by atoms with van der Waals surface area (Å²) in [5.74, 6) is 4.96. The van der Waals surface area contributed by atoms with E-state index in [-0.39, 0.29) is 24.0 Å². The summed E-state index contributed by atoms with van der Waals surface area (Å²) >= 11 is 0. The number of halogens is 1. The molecule has 0 saturated carbocycles. The predicted molar refractivity (Wildman–Crippen MR) is 53.1 cm³/mol. The molecule has 0 aromatic carbocycles. The molecule has 56 valence electrons. The number of hydrazine groups is 1. The molecule has 0 aromatic rings. The number of hydrogen-bond donors (Lipinski definition) is 2. The molecule has 0 unspecified atom stereocenters. The second-order valence-electron chi connectivity index (χ2n) is 1.72. The van der Waals surface area contributed by atoms with E-state index in [1.807, 2.05) is 24.3 Å². The lowest BCUT2D eigenvalue weighted by Gasteiger charge is -1.98. The lowest BCUT2D eigenvalue weighted by Crippen LogP contribution is -2.16. The normalized spacial score (nSPS) is 18.7. The van der Waals surface area contributed by atoms with Crippen molar-refractivity contribution < 1.29 is 0 Å². The SMILES string of the molecule is I.NNN=C1C=CC=CC1. The molecular weight excluding hydrogens is 241 g/mol. The van der Waals surface area contributed by atoms with Crippen molar-refractivity contribution in [2.24, 2.45) is 10.9 Å². The molecule has 0 aliphatic heterocycles. The number of nitrogens with one attached hydrogen (secondary N) is 1. The van der Waals surface area contributed by atoms with Crippen LogP contribution < -0.4 is 11.4 Å². The summed E-state index contributed by atoms with van der Waals surface area (Å²) in [5.41, 5.74) is 3.20. The van der Waals surface area contributed by atoms with Gasteiger partial charge in [0.1, 0.15) is 0 Å². The minimum atomic E-state index is 0. The van der Waals surface area contributed by atoms with E-state index in [2.05, 4.69) is 10.6 Å². The number of nitrogens with zero attached hydrogens (tertiary/aromatic N) is 1. The maximum Gasteiger partial charge on any atom is 0.0656 e. The smallest absolute Gasteiger partial charge is 0.0656 e. The third-order valence-electron chi connectivity index (χ3n) is 1.07. The molecule has 0 saturated heterocycles. The van der Waals surface area contributed by atoms with Crippen LogP contribution in [0.4, 0.5) is 0 Å². The van der Waals surface area contributed by atoms with Crippen LogP contribution in [-0.2, 0) is 0 Å². The van der Waals surface area contributed by atoms with Gasteiger partial charge in [-0.2, -0.15) is 5.10 Å². The van der Waals surface area contributed by atoms with Crippen molar-refractivity contribution >= 4 is 29.7 Å². The molecule has 0 bridgehead atoms. The zero-order valence-corrected chi connectivity index (χ0v) is 7.78. The summed E-state index contributed by atoms with van der Waals surface area (Å²) in [6, 6.07) is 0. The summed E-state index contributed by atoms with van der Waals surface area (Å²) < 4.78 is 0. The summed E-state index contributed by atoms with van der Waals surface area (Å²) in [5, 5.41) is 3.79. The van der Waals surface area contributed by atoms with Crippen LogP contribution >= 0.6 is 24.0 Å². The second-order valence-corrected chi connectivity index (χ2v) is 1.72. The van der Waals surface area contributed by atoms with Gasteiger partial charge in [0.15, 0.2) is 0 Å². The van der Waals surface area contributed by atoms with Crippen LogP contribution in [0.15, 0.2) is 29.4 Å². The number of hydrogen-bond acceptors (Lipinski definition) is 3. The Morgan fingerprint density at radius 2 is 2.30 bits per heavy atom. The van der Waals surface area contributed by atoms with Crippen LogP contribution in [-0.4, -0.2) is 5.71 Å². The van der Waals surface area contributed by atoms with Crippen LogP contribution in [0.5, 0.6) is 0 Å². The highest BCUT2D eigenvalue weighted by atomic mass is 127. The van der Waals surface area contributed by atoms with E-state index in [9.17, 15) is 0 Å². The Balaban J connectivity index is 0.000000810. The van der Waals surface area contributed by atoms with Crippen molar-refractivity contribution in [3.05, 3.63) is 24.3 Å². The lowest BCUT2D eigenvalue weighted by atomic mass is 10.2. The molecule has 0 aromatic heterocycles. The molecule has 0 fully saturated rings. The number of allylic oxidation sites excluding steroid dienone is 4. The third kappa shape index (κ3) is 2.98. The Kier molecular flexibility index (Phi) is 5.23. The van der Waals surface area contributed by atoms with Crippen molar-refractivity contribution in [3.63, 3.8) is 0 Å². The fraction of sp³-hybridized carbons (Fsp3) is 0.167. The van der Waals surface area contributed by atoms with E-state index in [0.717, 1.165) is 12.1 Å². The van der Waals surface area contributed by atoms with Crippen molar-refractivity contribution in [3.8, 4) is 0 Å². The average Bonchev–Trinajstić information content (AvgIpc) is 1.91. The first-order valence-corrected chi connectivity index (χ1v) is 2.79. The van der Waals surface area contributed by atoms with Crippen molar-refractivity contribution in [2.45, 2.75) is 6.42 Å². The standard InChI is InChI=1S/C6H9N3.HI/c7-9-8-6-4-2-1-3-5-6;/h1-4,9H,5,7H2;1H. The molecule has 0 spiro atoms. The molecule has 0 amide bonds. The van der Waals surface area contributed by atoms with Gasteiger partial charge < -0.3 is 0 Å². The van der Waals surface area contributed by atoms with E-state index in [1.165, 1.54) is 0 Å². The molecule has 1 aliphatic rings. The minimum absolute atomic E-state index is 0. The molecule has 3 nitrogen and oxygen atoms in total. The maximum absolute atomic E-state index is 4.96. The summed E-state index contributed by atoms with van der Waals surface area (Å²) in [6.07, 6.45) is 8.71. The van der Waals surface area contributed by atoms with Gasteiger partial charge in [-0.3, -0.25) is 0 Å². The van der Waals surface area contributed by atoms with Crippen LogP contribution in [0, 0.1) is 0 Å². The quantitative estimate of drug-likeness (QED) is 0.414. The van der Waals surface area contributed by atoms with Gasteiger partial charge in [0.25, 0.3) is 0 Å². The van der Waals surface area contributed by atoms with Crippen LogP contribution in [0.3, 0.4) is 0 Å². The summed E-state index contributed by atoms with van der Waals surface area (Å²) in [7, 11) is 0. The average molecular weight is 251 g/mol.